The minimum absolute atomic E-state index is 0.975. The van der Waals surface area contributed by atoms with Crippen molar-refractivity contribution in [1.29, 1.82) is 0 Å². The lowest BCUT2D eigenvalue weighted by molar-refractivity contribution is 0.983. The molecule has 0 heteroatoms. The topological polar surface area (TPSA) is 0 Å². The number of fused-ring (bicyclic) bond motifs is 3. The van der Waals surface area contributed by atoms with E-state index in [1.807, 2.05) is 6.07 Å². The Kier molecular flexibility index (Phi) is 9.51. The van der Waals surface area contributed by atoms with Crippen molar-refractivity contribution in [2.75, 3.05) is 0 Å². The molecule has 0 aliphatic heterocycles. The third-order valence-electron chi connectivity index (χ3n) is 4.70. The third kappa shape index (κ3) is 5.46. The molecule has 0 fully saturated rings. The largest absolute Gasteiger partial charge is 0.0788 e. The molecular formula is C30H36. The summed E-state index contributed by atoms with van der Waals surface area (Å²) >= 11 is 0. The molecule has 0 saturated heterocycles. The molecule has 0 aromatic heterocycles. The van der Waals surface area contributed by atoms with Gasteiger partial charge in [0, 0.05) is 22.9 Å². The maximum absolute atomic E-state index is 3.29. The van der Waals surface area contributed by atoms with Gasteiger partial charge in [0.1, 0.15) is 0 Å². The van der Waals surface area contributed by atoms with E-state index >= 15 is 0 Å². The molecule has 0 saturated carbocycles. The van der Waals surface area contributed by atoms with Gasteiger partial charge < -0.3 is 0 Å². The summed E-state index contributed by atoms with van der Waals surface area (Å²) in [5.74, 6) is 0. The van der Waals surface area contributed by atoms with Crippen LogP contribution in [0.1, 0.15) is 94.2 Å². The molecule has 0 spiro atoms. The van der Waals surface area contributed by atoms with Crippen LogP contribution in [-0.2, 0) is 19.3 Å². The smallest absolute Gasteiger partial charge is 0.0327 e. The molecule has 0 nitrogen and oxygen atoms in total. The van der Waals surface area contributed by atoms with Gasteiger partial charge in [0.25, 0.3) is 0 Å². The minimum atomic E-state index is 0.975. The fraction of sp³-hybridized carbons (Fsp3) is 0.400. The van der Waals surface area contributed by atoms with Crippen LogP contribution in [0, 0.1) is 24.3 Å². The quantitative estimate of drug-likeness (QED) is 0.280. The molecule has 0 atom stereocenters. The van der Waals surface area contributed by atoms with Gasteiger partial charge in [-0.05, 0) is 70.8 Å². The first-order valence-corrected chi connectivity index (χ1v) is 11.6. The molecule has 5 rings (SSSR count). The second-order valence-electron chi connectivity index (χ2n) is 7.97. The van der Waals surface area contributed by atoms with Crippen LogP contribution in [0.15, 0.2) is 30.3 Å². The summed E-state index contributed by atoms with van der Waals surface area (Å²) < 4.78 is 0. The third-order valence-corrected chi connectivity index (χ3v) is 4.70. The zero-order chi connectivity index (χ0) is 21.9. The van der Waals surface area contributed by atoms with E-state index < -0.39 is 0 Å². The monoisotopic (exact) mass is 396 g/mol. The fourth-order valence-electron chi connectivity index (χ4n) is 3.73. The SMILES string of the molecule is CCC.CCC.CCC.c1ccc2c(c#1)Cc1cc3cc#cc4c3c(c1C2)CC=C4. The highest BCUT2D eigenvalue weighted by Crippen LogP contribution is 2.36. The molecule has 3 aromatic rings. The summed E-state index contributed by atoms with van der Waals surface area (Å²) in [6.45, 7) is 12.8. The predicted molar refractivity (Wildman–Crippen MR) is 132 cm³/mol. The number of hydrogen-bond acceptors (Lipinski definition) is 0. The molecule has 3 aromatic carbocycles. The molecule has 156 valence electrons. The molecule has 2 aliphatic carbocycles. The number of benzene rings is 1. The van der Waals surface area contributed by atoms with E-state index in [1.165, 1.54) is 63.4 Å². The Hall–Kier alpha value is -2.70. The summed E-state index contributed by atoms with van der Waals surface area (Å²) in [6.07, 6.45) is 11.2. The van der Waals surface area contributed by atoms with Crippen molar-refractivity contribution < 1.29 is 0 Å². The first-order chi connectivity index (χ1) is 14.6. The molecule has 30 heavy (non-hydrogen) atoms. The van der Waals surface area contributed by atoms with Gasteiger partial charge in [0.2, 0.25) is 0 Å². The Morgan fingerprint density at radius 2 is 1.50 bits per heavy atom. The van der Waals surface area contributed by atoms with Crippen LogP contribution >= 0.6 is 0 Å². The first kappa shape index (κ1) is 23.6. The van der Waals surface area contributed by atoms with E-state index in [-0.39, 0.29) is 0 Å². The van der Waals surface area contributed by atoms with E-state index in [1.54, 1.807) is 0 Å². The molecule has 0 amide bonds. The van der Waals surface area contributed by atoms with Crippen molar-refractivity contribution in [3.8, 4) is 0 Å². The molecule has 0 heterocycles. The van der Waals surface area contributed by atoms with Crippen LogP contribution in [0.5, 0.6) is 0 Å². The standard InChI is InChI=1S/C21H12.3C3H8/c1-2-6-16-13-20-18(11-15(16)5-1)12-17-9-3-7-14-8-4-10-19(20)21(14)17;3*1-3-2/h2,4,6,8-9,12H,10-11,13H2;3*3H2,1-2H3. The molecule has 0 N–H and O–H groups in total. The average Bonchev–Trinajstić information content (AvgIpc) is 2.75. The van der Waals surface area contributed by atoms with Crippen molar-refractivity contribution in [3.05, 3.63) is 88.0 Å². The number of allylic oxidation sites excluding steroid dienone is 1. The zero-order valence-electron chi connectivity index (χ0n) is 19.7. The molecule has 0 unspecified atom stereocenters. The molecular weight excluding hydrogens is 360 g/mol. The highest BCUT2D eigenvalue weighted by molar-refractivity contribution is 5.96. The van der Waals surface area contributed by atoms with Crippen LogP contribution in [0.3, 0.4) is 0 Å². The van der Waals surface area contributed by atoms with Crippen molar-refractivity contribution in [3.63, 3.8) is 0 Å². The van der Waals surface area contributed by atoms with Crippen molar-refractivity contribution >= 4 is 16.8 Å². The Morgan fingerprint density at radius 1 is 0.800 bits per heavy atom. The van der Waals surface area contributed by atoms with E-state index in [0.717, 1.165) is 19.3 Å². The Bertz CT molecular complexity index is 954. The van der Waals surface area contributed by atoms with Crippen molar-refractivity contribution in [2.45, 2.75) is 80.1 Å². The maximum Gasteiger partial charge on any atom is 0.0327 e. The van der Waals surface area contributed by atoms with Gasteiger partial charge in [-0.15, -0.1) is 0 Å². The minimum Gasteiger partial charge on any atom is -0.0788 e. The molecule has 0 radical (unpaired) electrons. The lowest BCUT2D eigenvalue weighted by Crippen LogP contribution is -2.11. The Morgan fingerprint density at radius 3 is 2.20 bits per heavy atom. The van der Waals surface area contributed by atoms with Crippen molar-refractivity contribution in [1.82, 2.24) is 0 Å². The summed E-state index contributed by atoms with van der Waals surface area (Å²) in [6, 6.07) is 21.4. The van der Waals surface area contributed by atoms with E-state index in [0.29, 0.717) is 0 Å². The van der Waals surface area contributed by atoms with Crippen LogP contribution in [0.2, 0.25) is 0 Å². The summed E-state index contributed by atoms with van der Waals surface area (Å²) in [4.78, 5) is 0. The van der Waals surface area contributed by atoms with Gasteiger partial charge in [-0.1, -0.05) is 91.1 Å². The normalized spacial score (nSPS) is 11.7. The summed E-state index contributed by atoms with van der Waals surface area (Å²) in [7, 11) is 0. The number of rotatable bonds is 0. The molecule has 2 aliphatic rings. The highest BCUT2D eigenvalue weighted by atomic mass is 14.2. The van der Waals surface area contributed by atoms with Crippen LogP contribution in [0.4, 0.5) is 0 Å². The fourth-order valence-corrected chi connectivity index (χ4v) is 3.73. The maximum atomic E-state index is 3.29. The van der Waals surface area contributed by atoms with Gasteiger partial charge in [0.15, 0.2) is 0 Å². The van der Waals surface area contributed by atoms with E-state index in [9.17, 15) is 0 Å². The van der Waals surface area contributed by atoms with Gasteiger partial charge in [0.05, 0.1) is 0 Å². The first-order valence-electron chi connectivity index (χ1n) is 11.6. The zero-order valence-corrected chi connectivity index (χ0v) is 19.7. The number of hydrogen-bond donors (Lipinski definition) is 0. The van der Waals surface area contributed by atoms with Crippen LogP contribution < -0.4 is 0 Å². The Labute approximate surface area is 185 Å². The second kappa shape index (κ2) is 12.1. The van der Waals surface area contributed by atoms with E-state index in [4.69, 9.17) is 0 Å². The summed E-state index contributed by atoms with van der Waals surface area (Å²) in [5, 5.41) is 2.68. The van der Waals surface area contributed by atoms with Crippen molar-refractivity contribution in [2.24, 2.45) is 0 Å². The average molecular weight is 397 g/mol. The highest BCUT2D eigenvalue weighted by Gasteiger charge is 2.21. The second-order valence-corrected chi connectivity index (χ2v) is 7.97. The molecule has 0 bridgehead atoms. The van der Waals surface area contributed by atoms with Crippen LogP contribution in [-0.4, -0.2) is 0 Å². The van der Waals surface area contributed by atoms with Gasteiger partial charge in [-0.2, -0.15) is 0 Å². The summed E-state index contributed by atoms with van der Waals surface area (Å²) in [5.41, 5.74) is 8.34. The van der Waals surface area contributed by atoms with E-state index in [2.05, 4.69) is 96.2 Å². The predicted octanol–water partition coefficient (Wildman–Crippen LogP) is 8.35. The van der Waals surface area contributed by atoms with Crippen LogP contribution in [0.25, 0.3) is 16.8 Å². The van der Waals surface area contributed by atoms with Gasteiger partial charge >= 0.3 is 0 Å². The van der Waals surface area contributed by atoms with Gasteiger partial charge in [-0.3, -0.25) is 0 Å². The van der Waals surface area contributed by atoms with Gasteiger partial charge in [-0.25, -0.2) is 0 Å². The lowest BCUT2D eigenvalue weighted by atomic mass is 9.79. The Balaban J connectivity index is 0.000000310. The lowest BCUT2D eigenvalue weighted by Gasteiger charge is -2.24.